The summed E-state index contributed by atoms with van der Waals surface area (Å²) in [5.41, 5.74) is 0. The van der Waals surface area contributed by atoms with Crippen LogP contribution in [0.25, 0.3) is 0 Å². The molecule has 1 atom stereocenters. The average molecular weight is 376 g/mol. The van der Waals surface area contributed by atoms with Crippen molar-refractivity contribution in [3.05, 3.63) is 22.4 Å². The summed E-state index contributed by atoms with van der Waals surface area (Å²) in [6, 6.07) is 4.22. The van der Waals surface area contributed by atoms with Crippen molar-refractivity contribution in [2.24, 2.45) is 10.9 Å². The smallest absolute Gasteiger partial charge is 0.357 e. The van der Waals surface area contributed by atoms with Crippen LogP contribution in [0.5, 0.6) is 0 Å². The molecule has 1 aromatic heterocycles. The molecule has 142 valence electrons. The molecule has 25 heavy (non-hydrogen) atoms. The molecule has 1 aromatic rings. The SMILES string of the molecule is CCNC(=NCC1CCCN(Cc2cccs2)C1)NCCC(F)(F)F. The molecule has 2 rings (SSSR count). The monoisotopic (exact) mass is 376 g/mol. The third-order valence-corrected chi connectivity index (χ3v) is 4.98. The molecule has 1 saturated heterocycles. The van der Waals surface area contributed by atoms with E-state index in [2.05, 4.69) is 38.0 Å². The molecule has 1 aliphatic rings. The van der Waals surface area contributed by atoms with Crippen molar-refractivity contribution < 1.29 is 13.2 Å². The van der Waals surface area contributed by atoms with Crippen LogP contribution < -0.4 is 10.6 Å². The van der Waals surface area contributed by atoms with Gasteiger partial charge in [0.2, 0.25) is 0 Å². The minimum Gasteiger partial charge on any atom is -0.357 e. The predicted molar refractivity (Wildman–Crippen MR) is 97.0 cm³/mol. The highest BCUT2D eigenvalue weighted by Gasteiger charge is 2.26. The zero-order valence-electron chi connectivity index (χ0n) is 14.6. The van der Waals surface area contributed by atoms with Gasteiger partial charge in [0.05, 0.1) is 6.42 Å². The van der Waals surface area contributed by atoms with Gasteiger partial charge in [-0.1, -0.05) is 6.07 Å². The van der Waals surface area contributed by atoms with Crippen molar-refractivity contribution in [2.75, 3.05) is 32.7 Å². The first kappa shape index (κ1) is 20.0. The number of likely N-dealkylation sites (tertiary alicyclic amines) is 1. The maximum Gasteiger partial charge on any atom is 0.390 e. The van der Waals surface area contributed by atoms with Crippen LogP contribution in [-0.2, 0) is 6.54 Å². The molecule has 1 fully saturated rings. The molecule has 0 aromatic carbocycles. The van der Waals surface area contributed by atoms with Crippen LogP contribution in [0.1, 0.15) is 31.1 Å². The Morgan fingerprint density at radius 1 is 1.40 bits per heavy atom. The number of guanidine groups is 1. The third kappa shape index (κ3) is 8.09. The number of piperidine rings is 1. The van der Waals surface area contributed by atoms with Crippen molar-refractivity contribution >= 4 is 17.3 Å². The van der Waals surface area contributed by atoms with E-state index in [1.54, 1.807) is 11.3 Å². The maximum atomic E-state index is 12.3. The molecule has 0 bridgehead atoms. The summed E-state index contributed by atoms with van der Waals surface area (Å²) in [6.07, 6.45) is -2.73. The Morgan fingerprint density at radius 2 is 2.24 bits per heavy atom. The first-order valence-corrected chi connectivity index (χ1v) is 9.68. The van der Waals surface area contributed by atoms with E-state index in [4.69, 9.17) is 0 Å². The standard InChI is InChI=1S/C17H27F3N4S/c1-2-21-16(22-8-7-17(18,19)20)23-11-14-5-3-9-24(12-14)13-15-6-4-10-25-15/h4,6,10,14H,2-3,5,7-9,11-13H2,1H3,(H2,21,22,23). The van der Waals surface area contributed by atoms with Crippen LogP contribution in [-0.4, -0.2) is 49.8 Å². The molecule has 1 aliphatic heterocycles. The molecule has 1 unspecified atom stereocenters. The highest BCUT2D eigenvalue weighted by molar-refractivity contribution is 7.09. The van der Waals surface area contributed by atoms with Gasteiger partial charge in [0, 0.05) is 37.6 Å². The number of nitrogens with zero attached hydrogens (tertiary/aromatic N) is 2. The summed E-state index contributed by atoms with van der Waals surface area (Å²) in [5, 5.41) is 7.88. The molecule has 2 heterocycles. The van der Waals surface area contributed by atoms with E-state index in [0.29, 0.717) is 25.0 Å². The van der Waals surface area contributed by atoms with Gasteiger partial charge in [0.15, 0.2) is 5.96 Å². The van der Waals surface area contributed by atoms with E-state index in [1.807, 2.05) is 6.92 Å². The van der Waals surface area contributed by atoms with Crippen molar-refractivity contribution in [1.82, 2.24) is 15.5 Å². The van der Waals surface area contributed by atoms with Crippen LogP contribution in [0, 0.1) is 5.92 Å². The van der Waals surface area contributed by atoms with Gasteiger partial charge in [-0.15, -0.1) is 11.3 Å². The van der Waals surface area contributed by atoms with Gasteiger partial charge in [0.1, 0.15) is 0 Å². The topological polar surface area (TPSA) is 39.7 Å². The van der Waals surface area contributed by atoms with Gasteiger partial charge in [0.25, 0.3) is 0 Å². The van der Waals surface area contributed by atoms with Gasteiger partial charge in [-0.05, 0) is 43.7 Å². The second-order valence-electron chi connectivity index (χ2n) is 6.33. The van der Waals surface area contributed by atoms with Gasteiger partial charge < -0.3 is 10.6 Å². The average Bonchev–Trinajstić information content (AvgIpc) is 3.05. The summed E-state index contributed by atoms with van der Waals surface area (Å²) in [5.74, 6) is 0.925. The van der Waals surface area contributed by atoms with Crippen molar-refractivity contribution in [1.29, 1.82) is 0 Å². The molecule has 4 nitrogen and oxygen atoms in total. The van der Waals surface area contributed by atoms with Gasteiger partial charge in [-0.2, -0.15) is 13.2 Å². The van der Waals surface area contributed by atoms with E-state index in [-0.39, 0.29) is 6.54 Å². The van der Waals surface area contributed by atoms with Crippen molar-refractivity contribution in [3.8, 4) is 0 Å². The largest absolute Gasteiger partial charge is 0.390 e. The fourth-order valence-electron chi connectivity index (χ4n) is 2.95. The van der Waals surface area contributed by atoms with E-state index in [9.17, 15) is 13.2 Å². The van der Waals surface area contributed by atoms with Crippen LogP contribution >= 0.6 is 11.3 Å². The third-order valence-electron chi connectivity index (χ3n) is 4.12. The number of rotatable bonds is 7. The Labute approximate surface area is 151 Å². The second kappa shape index (κ2) is 10.0. The lowest BCUT2D eigenvalue weighted by Gasteiger charge is -2.31. The van der Waals surface area contributed by atoms with Crippen LogP contribution in [0.4, 0.5) is 13.2 Å². The zero-order chi connectivity index (χ0) is 18.1. The van der Waals surface area contributed by atoms with Crippen molar-refractivity contribution in [3.63, 3.8) is 0 Å². The van der Waals surface area contributed by atoms with E-state index < -0.39 is 12.6 Å². The van der Waals surface area contributed by atoms with Crippen molar-refractivity contribution in [2.45, 2.75) is 38.9 Å². The minimum atomic E-state index is -4.14. The van der Waals surface area contributed by atoms with Gasteiger partial charge >= 0.3 is 6.18 Å². The molecule has 0 saturated carbocycles. The molecule has 0 spiro atoms. The summed E-state index contributed by atoms with van der Waals surface area (Å²) in [6.45, 7) is 6.09. The Hall–Kier alpha value is -1.28. The number of halogens is 3. The Balaban J connectivity index is 1.79. The molecule has 0 radical (unpaired) electrons. The first-order valence-electron chi connectivity index (χ1n) is 8.80. The molecular formula is C17H27F3N4S. The van der Waals surface area contributed by atoms with E-state index >= 15 is 0 Å². The quantitative estimate of drug-likeness (QED) is 0.565. The van der Waals surface area contributed by atoms with Gasteiger partial charge in [-0.25, -0.2) is 0 Å². The molecule has 2 N–H and O–H groups in total. The summed E-state index contributed by atoms with van der Waals surface area (Å²) in [4.78, 5) is 8.30. The maximum absolute atomic E-state index is 12.3. The number of alkyl halides is 3. The fourth-order valence-corrected chi connectivity index (χ4v) is 3.70. The minimum absolute atomic E-state index is 0.148. The predicted octanol–water partition coefficient (Wildman–Crippen LogP) is 3.47. The molecule has 0 amide bonds. The summed E-state index contributed by atoms with van der Waals surface area (Å²) < 4.78 is 36.8. The Kier molecular flexibility index (Phi) is 8.02. The van der Waals surface area contributed by atoms with E-state index in [1.165, 1.54) is 4.88 Å². The number of nitrogens with one attached hydrogen (secondary N) is 2. The highest BCUT2D eigenvalue weighted by Crippen LogP contribution is 2.21. The lowest BCUT2D eigenvalue weighted by atomic mass is 9.98. The molecule has 0 aliphatic carbocycles. The highest BCUT2D eigenvalue weighted by atomic mass is 32.1. The normalized spacial score (nSPS) is 19.8. The van der Waals surface area contributed by atoms with E-state index in [0.717, 1.165) is 32.5 Å². The number of hydrogen-bond donors (Lipinski definition) is 2. The second-order valence-corrected chi connectivity index (χ2v) is 7.37. The van der Waals surface area contributed by atoms with Crippen LogP contribution in [0.2, 0.25) is 0 Å². The zero-order valence-corrected chi connectivity index (χ0v) is 15.4. The van der Waals surface area contributed by atoms with Gasteiger partial charge in [-0.3, -0.25) is 9.89 Å². The summed E-state index contributed by atoms with van der Waals surface area (Å²) in [7, 11) is 0. The van der Waals surface area contributed by atoms with Crippen LogP contribution in [0.15, 0.2) is 22.5 Å². The Morgan fingerprint density at radius 3 is 2.92 bits per heavy atom. The molecule has 8 heteroatoms. The summed E-state index contributed by atoms with van der Waals surface area (Å²) >= 11 is 1.77. The lowest BCUT2D eigenvalue weighted by Crippen LogP contribution is -2.40. The number of thiophene rings is 1. The fraction of sp³-hybridized carbons (Fsp3) is 0.706. The number of hydrogen-bond acceptors (Lipinski definition) is 3. The first-order chi connectivity index (χ1) is 12.0. The molecular weight excluding hydrogens is 349 g/mol. The number of aliphatic imine (C=N–C) groups is 1. The Bertz CT molecular complexity index is 516. The van der Waals surface area contributed by atoms with Crippen LogP contribution in [0.3, 0.4) is 0 Å². The lowest BCUT2D eigenvalue weighted by molar-refractivity contribution is -0.132.